The number of carboxylic acid groups (broad SMARTS) is 1. The normalized spacial score (nSPS) is 20.9. The van der Waals surface area contributed by atoms with E-state index in [4.69, 9.17) is 4.74 Å². The molecule has 0 bridgehead atoms. The Morgan fingerprint density at radius 2 is 2.23 bits per heavy atom. The number of halogens is 1. The van der Waals surface area contributed by atoms with Crippen LogP contribution in [0.15, 0.2) is 30.5 Å². The average molecular weight is 435 g/mol. The number of alkyl halides is 1. The topological polar surface area (TPSA) is 62.7 Å². The third-order valence-corrected chi connectivity index (χ3v) is 6.73. The number of methoxy groups -OCH3 is 1. The van der Waals surface area contributed by atoms with E-state index < -0.39 is 12.1 Å². The summed E-state index contributed by atoms with van der Waals surface area (Å²) in [6.45, 7) is 2.75. The van der Waals surface area contributed by atoms with Crippen LogP contribution in [0.25, 0.3) is 10.9 Å². The van der Waals surface area contributed by atoms with Crippen molar-refractivity contribution in [1.82, 2.24) is 9.88 Å². The number of carbonyl (C=O) groups is 1. The summed E-state index contributed by atoms with van der Waals surface area (Å²) in [6, 6.07) is 7.25. The van der Waals surface area contributed by atoms with Crippen LogP contribution in [0.5, 0.6) is 5.75 Å². The second-order valence-corrected chi connectivity index (χ2v) is 9.01. The Hall–Kier alpha value is -1.86. The molecule has 2 aromatic rings. The second-order valence-electron chi connectivity index (χ2n) is 8.03. The number of thioether (sulfide) groups is 1. The van der Waals surface area contributed by atoms with Gasteiger partial charge in [0.1, 0.15) is 11.9 Å². The number of nitrogens with zero attached hydrogens (tertiary/aromatic N) is 2. The van der Waals surface area contributed by atoms with Gasteiger partial charge in [-0.05, 0) is 73.7 Å². The van der Waals surface area contributed by atoms with Gasteiger partial charge in [-0.1, -0.05) is 0 Å². The maximum atomic E-state index is 15.3. The molecule has 0 spiro atoms. The van der Waals surface area contributed by atoms with Crippen LogP contribution in [0, 0.1) is 11.8 Å². The molecule has 164 valence electrons. The highest BCUT2D eigenvalue weighted by atomic mass is 32.2. The van der Waals surface area contributed by atoms with Gasteiger partial charge in [-0.2, -0.15) is 11.8 Å². The van der Waals surface area contributed by atoms with Crippen LogP contribution in [0.3, 0.4) is 0 Å². The van der Waals surface area contributed by atoms with Crippen LogP contribution in [-0.2, 0) is 4.79 Å². The largest absolute Gasteiger partial charge is 0.497 e. The zero-order chi connectivity index (χ0) is 21.5. The molecule has 0 aliphatic carbocycles. The molecule has 1 saturated heterocycles. The summed E-state index contributed by atoms with van der Waals surface area (Å²) in [5.74, 6) is 1.30. The minimum absolute atomic E-state index is 0.0829. The molecule has 0 radical (unpaired) electrons. The maximum Gasteiger partial charge on any atom is 0.303 e. The summed E-state index contributed by atoms with van der Waals surface area (Å²) < 4.78 is 20.6. The Kier molecular flexibility index (Phi) is 8.33. The smallest absolute Gasteiger partial charge is 0.303 e. The van der Waals surface area contributed by atoms with Gasteiger partial charge < -0.3 is 14.7 Å². The van der Waals surface area contributed by atoms with Crippen molar-refractivity contribution in [2.45, 2.75) is 31.9 Å². The number of ether oxygens (including phenoxy) is 1. The minimum Gasteiger partial charge on any atom is -0.497 e. The molecule has 0 unspecified atom stereocenters. The molecule has 1 N–H and O–H groups in total. The first-order chi connectivity index (χ1) is 14.5. The van der Waals surface area contributed by atoms with Crippen molar-refractivity contribution in [1.29, 1.82) is 0 Å². The fraction of sp³-hybridized carbons (Fsp3) is 0.565. The standard InChI is InChI=1S/C23H31FN2O3S/c1-29-18-4-6-22-20(14-18)19(7-9-25-22)21(24)5-3-16-8-10-26(11-12-30-2)15-17(16)13-23(27)28/h4,6-7,9,14,16-17,21H,3,5,8,10-13,15H2,1-2H3,(H,27,28)/t16-,17+,21+/m1/s1. The zero-order valence-corrected chi connectivity index (χ0v) is 18.5. The fourth-order valence-corrected chi connectivity index (χ4v) is 4.92. The van der Waals surface area contributed by atoms with E-state index in [0.717, 1.165) is 42.7 Å². The van der Waals surface area contributed by atoms with Crippen LogP contribution < -0.4 is 4.74 Å². The van der Waals surface area contributed by atoms with E-state index in [1.807, 2.05) is 18.2 Å². The van der Waals surface area contributed by atoms with Crippen LogP contribution in [0.1, 0.15) is 37.4 Å². The minimum atomic E-state index is -1.11. The number of hydrogen-bond acceptors (Lipinski definition) is 5. The average Bonchev–Trinajstić information content (AvgIpc) is 2.75. The summed E-state index contributed by atoms with van der Waals surface area (Å²) >= 11 is 1.80. The summed E-state index contributed by atoms with van der Waals surface area (Å²) in [6.07, 6.45) is 4.81. The van der Waals surface area contributed by atoms with E-state index in [-0.39, 0.29) is 18.3 Å². The van der Waals surface area contributed by atoms with Crippen LogP contribution in [-0.4, -0.2) is 59.7 Å². The molecule has 1 aromatic heterocycles. The molecule has 30 heavy (non-hydrogen) atoms. The van der Waals surface area contributed by atoms with E-state index in [1.54, 1.807) is 31.1 Å². The molecule has 1 fully saturated rings. The van der Waals surface area contributed by atoms with Crippen molar-refractivity contribution in [2.24, 2.45) is 11.8 Å². The first-order valence-corrected chi connectivity index (χ1v) is 11.9. The van der Waals surface area contributed by atoms with Gasteiger partial charge in [0.15, 0.2) is 0 Å². The van der Waals surface area contributed by atoms with Gasteiger partial charge in [0.25, 0.3) is 0 Å². The van der Waals surface area contributed by atoms with Crippen molar-refractivity contribution in [3.8, 4) is 5.75 Å². The summed E-state index contributed by atoms with van der Waals surface area (Å²) in [4.78, 5) is 18.1. The Bertz CT molecular complexity index is 850. The molecule has 1 aliphatic rings. The number of benzene rings is 1. The predicted molar refractivity (Wildman–Crippen MR) is 120 cm³/mol. The quantitative estimate of drug-likeness (QED) is 0.579. The summed E-state index contributed by atoms with van der Waals surface area (Å²) in [7, 11) is 1.60. The first-order valence-electron chi connectivity index (χ1n) is 10.5. The van der Waals surface area contributed by atoms with Gasteiger partial charge in [-0.25, -0.2) is 4.39 Å². The van der Waals surface area contributed by atoms with Gasteiger partial charge in [0.05, 0.1) is 12.6 Å². The second kappa shape index (κ2) is 11.0. The van der Waals surface area contributed by atoms with E-state index in [0.29, 0.717) is 24.2 Å². The number of aromatic nitrogens is 1. The van der Waals surface area contributed by atoms with E-state index in [9.17, 15) is 9.90 Å². The first kappa shape index (κ1) is 22.8. The highest BCUT2D eigenvalue weighted by molar-refractivity contribution is 7.98. The Morgan fingerprint density at radius 3 is 2.97 bits per heavy atom. The number of carboxylic acids is 1. The van der Waals surface area contributed by atoms with Crippen LogP contribution >= 0.6 is 11.8 Å². The van der Waals surface area contributed by atoms with Crippen molar-refractivity contribution in [3.05, 3.63) is 36.0 Å². The van der Waals surface area contributed by atoms with Crippen LogP contribution in [0.4, 0.5) is 4.39 Å². The van der Waals surface area contributed by atoms with E-state index in [2.05, 4.69) is 16.1 Å². The molecule has 0 saturated carbocycles. The lowest BCUT2D eigenvalue weighted by molar-refractivity contribution is -0.139. The van der Waals surface area contributed by atoms with Gasteiger partial charge in [-0.15, -0.1) is 0 Å². The van der Waals surface area contributed by atoms with Gasteiger partial charge in [-0.3, -0.25) is 9.78 Å². The number of fused-ring (bicyclic) bond motifs is 1. The monoisotopic (exact) mass is 434 g/mol. The Labute approximate surface area is 182 Å². The number of rotatable bonds is 10. The molecule has 3 rings (SSSR count). The predicted octanol–water partition coefficient (Wildman–Crippen LogP) is 4.81. The van der Waals surface area contributed by atoms with E-state index in [1.165, 1.54) is 0 Å². The lowest BCUT2D eigenvalue weighted by atomic mass is 9.79. The molecule has 5 nitrogen and oxygen atoms in total. The van der Waals surface area contributed by atoms with Gasteiger partial charge >= 0.3 is 5.97 Å². The van der Waals surface area contributed by atoms with Crippen molar-refractivity contribution in [2.75, 3.05) is 38.8 Å². The molecule has 2 heterocycles. The molecular formula is C23H31FN2O3S. The molecule has 7 heteroatoms. The number of hydrogen-bond donors (Lipinski definition) is 1. The van der Waals surface area contributed by atoms with Gasteiger partial charge in [0.2, 0.25) is 0 Å². The van der Waals surface area contributed by atoms with Crippen molar-refractivity contribution < 1.29 is 19.0 Å². The van der Waals surface area contributed by atoms with E-state index >= 15 is 4.39 Å². The summed E-state index contributed by atoms with van der Waals surface area (Å²) in [5.41, 5.74) is 1.38. The Morgan fingerprint density at radius 1 is 1.40 bits per heavy atom. The fourth-order valence-electron chi connectivity index (χ4n) is 4.48. The number of pyridine rings is 1. The van der Waals surface area contributed by atoms with Crippen molar-refractivity contribution >= 4 is 28.6 Å². The Balaban J connectivity index is 1.67. The number of aliphatic carboxylic acids is 1. The molecule has 1 aromatic carbocycles. The molecule has 1 aliphatic heterocycles. The highest BCUT2D eigenvalue weighted by Gasteiger charge is 2.31. The maximum absolute atomic E-state index is 15.3. The number of piperidine rings is 1. The lowest BCUT2D eigenvalue weighted by Gasteiger charge is -2.38. The van der Waals surface area contributed by atoms with Gasteiger partial charge in [0, 0.05) is 36.8 Å². The number of likely N-dealkylation sites (tertiary alicyclic amines) is 1. The van der Waals surface area contributed by atoms with Crippen LogP contribution in [0.2, 0.25) is 0 Å². The van der Waals surface area contributed by atoms with Crippen molar-refractivity contribution in [3.63, 3.8) is 0 Å². The molecular weight excluding hydrogens is 403 g/mol. The molecule has 3 atom stereocenters. The molecule has 0 amide bonds. The summed E-state index contributed by atoms with van der Waals surface area (Å²) in [5, 5.41) is 10.1. The third kappa shape index (κ3) is 5.85. The zero-order valence-electron chi connectivity index (χ0n) is 17.7. The highest BCUT2D eigenvalue weighted by Crippen LogP contribution is 2.36. The third-order valence-electron chi connectivity index (χ3n) is 6.13. The lowest BCUT2D eigenvalue weighted by Crippen LogP contribution is -2.42. The SMILES string of the molecule is COc1ccc2nccc([C@@H](F)CC[C@@H]3CCN(CCSC)C[C@@H]3CC(=O)O)c2c1.